The van der Waals surface area contributed by atoms with Crippen LogP contribution in [0.15, 0.2) is 12.4 Å². The molecule has 1 spiro atoms. The SMILES string of the molecule is CC(C)Oc1cncc(N2CCC3(CCC3)C2)n1. The van der Waals surface area contributed by atoms with Crippen LogP contribution in [-0.2, 0) is 0 Å². The molecule has 1 saturated carbocycles. The number of aromatic nitrogens is 2. The summed E-state index contributed by atoms with van der Waals surface area (Å²) in [5, 5.41) is 0. The van der Waals surface area contributed by atoms with E-state index in [1.54, 1.807) is 6.20 Å². The van der Waals surface area contributed by atoms with Gasteiger partial charge in [-0.3, -0.25) is 4.98 Å². The highest BCUT2D eigenvalue weighted by Gasteiger charge is 2.43. The van der Waals surface area contributed by atoms with Gasteiger partial charge in [0.25, 0.3) is 0 Å². The van der Waals surface area contributed by atoms with Gasteiger partial charge in [-0.1, -0.05) is 6.42 Å². The lowest BCUT2D eigenvalue weighted by Gasteiger charge is -2.38. The molecule has 0 atom stereocenters. The molecule has 0 bridgehead atoms. The van der Waals surface area contributed by atoms with E-state index in [-0.39, 0.29) is 6.10 Å². The van der Waals surface area contributed by atoms with Gasteiger partial charge in [-0.05, 0) is 38.5 Å². The first kappa shape index (κ1) is 11.8. The average molecular weight is 247 g/mol. The first-order chi connectivity index (χ1) is 8.67. The van der Waals surface area contributed by atoms with Gasteiger partial charge in [-0.2, -0.15) is 4.98 Å². The predicted molar refractivity (Wildman–Crippen MR) is 70.9 cm³/mol. The average Bonchev–Trinajstić information content (AvgIpc) is 2.73. The molecule has 0 radical (unpaired) electrons. The van der Waals surface area contributed by atoms with Crippen molar-refractivity contribution < 1.29 is 4.74 Å². The van der Waals surface area contributed by atoms with Crippen LogP contribution in [0.3, 0.4) is 0 Å². The summed E-state index contributed by atoms with van der Waals surface area (Å²) in [5.74, 6) is 1.61. The second-order valence-electron chi connectivity index (χ2n) is 5.91. The topological polar surface area (TPSA) is 38.2 Å². The minimum Gasteiger partial charge on any atom is -0.474 e. The van der Waals surface area contributed by atoms with Crippen molar-refractivity contribution in [2.24, 2.45) is 5.41 Å². The molecule has 1 saturated heterocycles. The van der Waals surface area contributed by atoms with Crippen LogP contribution in [0.5, 0.6) is 5.88 Å². The molecule has 1 aliphatic heterocycles. The summed E-state index contributed by atoms with van der Waals surface area (Å²) in [6, 6.07) is 0. The normalized spacial score (nSPS) is 21.4. The van der Waals surface area contributed by atoms with Gasteiger partial charge in [0, 0.05) is 13.1 Å². The van der Waals surface area contributed by atoms with Gasteiger partial charge < -0.3 is 9.64 Å². The van der Waals surface area contributed by atoms with Crippen molar-refractivity contribution >= 4 is 5.82 Å². The second kappa shape index (κ2) is 4.41. The zero-order chi connectivity index (χ0) is 12.6. The number of nitrogens with zero attached hydrogens (tertiary/aromatic N) is 3. The van der Waals surface area contributed by atoms with Gasteiger partial charge in [0.05, 0.1) is 18.5 Å². The molecule has 18 heavy (non-hydrogen) atoms. The number of anilines is 1. The van der Waals surface area contributed by atoms with Crippen molar-refractivity contribution in [2.75, 3.05) is 18.0 Å². The van der Waals surface area contributed by atoms with Crippen molar-refractivity contribution in [1.82, 2.24) is 9.97 Å². The molecule has 0 aromatic carbocycles. The molecule has 3 rings (SSSR count). The van der Waals surface area contributed by atoms with Crippen LogP contribution in [0.4, 0.5) is 5.82 Å². The van der Waals surface area contributed by atoms with E-state index in [0.29, 0.717) is 11.3 Å². The van der Waals surface area contributed by atoms with E-state index in [1.807, 2.05) is 20.0 Å². The monoisotopic (exact) mass is 247 g/mol. The first-order valence-electron chi connectivity index (χ1n) is 6.91. The van der Waals surface area contributed by atoms with Gasteiger partial charge in [0.15, 0.2) is 5.82 Å². The number of rotatable bonds is 3. The Morgan fingerprint density at radius 2 is 2.11 bits per heavy atom. The summed E-state index contributed by atoms with van der Waals surface area (Å²) in [7, 11) is 0. The Balaban J connectivity index is 1.72. The highest BCUT2D eigenvalue weighted by molar-refractivity contribution is 5.40. The van der Waals surface area contributed by atoms with E-state index in [0.717, 1.165) is 18.9 Å². The number of hydrogen-bond acceptors (Lipinski definition) is 4. The van der Waals surface area contributed by atoms with Gasteiger partial charge in [-0.25, -0.2) is 0 Å². The fourth-order valence-electron chi connectivity index (χ4n) is 3.00. The van der Waals surface area contributed by atoms with E-state index in [2.05, 4.69) is 14.9 Å². The second-order valence-corrected chi connectivity index (χ2v) is 5.91. The number of hydrogen-bond donors (Lipinski definition) is 0. The largest absolute Gasteiger partial charge is 0.474 e. The highest BCUT2D eigenvalue weighted by atomic mass is 16.5. The molecule has 0 amide bonds. The molecule has 4 nitrogen and oxygen atoms in total. The summed E-state index contributed by atoms with van der Waals surface area (Å²) in [6.45, 7) is 6.27. The van der Waals surface area contributed by atoms with Gasteiger partial charge in [0.2, 0.25) is 5.88 Å². The maximum absolute atomic E-state index is 5.61. The minimum absolute atomic E-state index is 0.145. The summed E-state index contributed by atoms with van der Waals surface area (Å²) in [4.78, 5) is 11.2. The van der Waals surface area contributed by atoms with Crippen molar-refractivity contribution in [3.8, 4) is 5.88 Å². The Bertz CT molecular complexity index is 429. The smallest absolute Gasteiger partial charge is 0.234 e. The van der Waals surface area contributed by atoms with E-state index >= 15 is 0 Å². The lowest BCUT2D eigenvalue weighted by atomic mass is 9.68. The molecule has 2 heterocycles. The molecule has 2 fully saturated rings. The summed E-state index contributed by atoms with van der Waals surface area (Å²) in [6.07, 6.45) is 9.17. The maximum Gasteiger partial charge on any atom is 0.234 e. The van der Waals surface area contributed by atoms with Crippen LogP contribution in [0.1, 0.15) is 39.5 Å². The predicted octanol–water partition coefficient (Wildman–Crippen LogP) is 2.64. The molecule has 1 aromatic rings. The molecule has 1 aromatic heterocycles. The van der Waals surface area contributed by atoms with E-state index in [1.165, 1.54) is 25.7 Å². The molecule has 4 heteroatoms. The first-order valence-corrected chi connectivity index (χ1v) is 6.91. The van der Waals surface area contributed by atoms with Crippen LogP contribution < -0.4 is 9.64 Å². The lowest BCUT2D eigenvalue weighted by molar-refractivity contribution is 0.165. The zero-order valence-electron chi connectivity index (χ0n) is 11.2. The summed E-state index contributed by atoms with van der Waals surface area (Å²) < 4.78 is 5.61. The third kappa shape index (κ3) is 2.16. The molecule has 0 N–H and O–H groups in total. The summed E-state index contributed by atoms with van der Waals surface area (Å²) >= 11 is 0. The molecular formula is C14H21N3O. The van der Waals surface area contributed by atoms with Gasteiger partial charge >= 0.3 is 0 Å². The Morgan fingerprint density at radius 3 is 2.72 bits per heavy atom. The van der Waals surface area contributed by atoms with E-state index < -0.39 is 0 Å². The Labute approximate surface area is 108 Å². The Kier molecular flexibility index (Phi) is 2.88. The van der Waals surface area contributed by atoms with Crippen molar-refractivity contribution in [3.63, 3.8) is 0 Å². The van der Waals surface area contributed by atoms with Crippen LogP contribution in [0.2, 0.25) is 0 Å². The standard InChI is InChI=1S/C14H21N3O/c1-11(2)18-13-9-15-8-12(16-13)17-7-6-14(10-17)4-3-5-14/h8-9,11H,3-7,10H2,1-2H3. The number of ether oxygens (including phenoxy) is 1. The fourth-order valence-corrected chi connectivity index (χ4v) is 3.00. The Hall–Kier alpha value is -1.32. The molecular weight excluding hydrogens is 226 g/mol. The van der Waals surface area contributed by atoms with Crippen LogP contribution >= 0.6 is 0 Å². The van der Waals surface area contributed by atoms with Gasteiger partial charge in [0.1, 0.15) is 0 Å². The van der Waals surface area contributed by atoms with Crippen LogP contribution in [0.25, 0.3) is 0 Å². The third-order valence-electron chi connectivity index (χ3n) is 4.13. The maximum atomic E-state index is 5.61. The zero-order valence-corrected chi connectivity index (χ0v) is 11.2. The molecule has 2 aliphatic rings. The minimum atomic E-state index is 0.145. The van der Waals surface area contributed by atoms with Crippen LogP contribution in [0, 0.1) is 5.41 Å². The fraction of sp³-hybridized carbons (Fsp3) is 0.714. The van der Waals surface area contributed by atoms with Crippen molar-refractivity contribution in [3.05, 3.63) is 12.4 Å². The molecule has 98 valence electrons. The molecule has 1 aliphatic carbocycles. The lowest BCUT2D eigenvalue weighted by Crippen LogP contribution is -2.33. The van der Waals surface area contributed by atoms with Crippen molar-refractivity contribution in [1.29, 1.82) is 0 Å². The quantitative estimate of drug-likeness (QED) is 0.823. The van der Waals surface area contributed by atoms with Crippen molar-refractivity contribution in [2.45, 2.75) is 45.6 Å². The van der Waals surface area contributed by atoms with E-state index in [9.17, 15) is 0 Å². The third-order valence-corrected chi connectivity index (χ3v) is 4.13. The van der Waals surface area contributed by atoms with E-state index in [4.69, 9.17) is 4.74 Å². The summed E-state index contributed by atoms with van der Waals surface area (Å²) in [5.41, 5.74) is 0.594. The molecule has 0 unspecified atom stereocenters. The van der Waals surface area contributed by atoms with Crippen LogP contribution in [-0.4, -0.2) is 29.2 Å². The Morgan fingerprint density at radius 1 is 1.28 bits per heavy atom. The highest BCUT2D eigenvalue weighted by Crippen LogP contribution is 2.48. The van der Waals surface area contributed by atoms with Gasteiger partial charge in [-0.15, -0.1) is 0 Å².